The molecule has 0 spiro atoms. The third-order valence-corrected chi connectivity index (χ3v) is 2.26. The molecule has 0 bridgehead atoms. The van der Waals surface area contributed by atoms with Gasteiger partial charge in [0.1, 0.15) is 6.23 Å². The van der Waals surface area contributed by atoms with Crippen molar-refractivity contribution >= 4 is 0 Å². The summed E-state index contributed by atoms with van der Waals surface area (Å²) < 4.78 is 5.79. The van der Waals surface area contributed by atoms with Gasteiger partial charge in [0.2, 0.25) is 0 Å². The Morgan fingerprint density at radius 2 is 2.09 bits per heavy atom. The first-order chi connectivity index (χ1) is 5.11. The third kappa shape index (κ3) is 2.17. The minimum absolute atomic E-state index is 0.332. The Hall–Kier alpha value is -0.0800. The van der Waals surface area contributed by atoms with Gasteiger partial charge in [-0.2, -0.15) is 0 Å². The molecule has 0 radical (unpaired) electrons. The largest absolute Gasteiger partial charge is 0.360 e. The molecule has 1 saturated heterocycles. The van der Waals surface area contributed by atoms with Gasteiger partial charge in [-0.1, -0.05) is 13.8 Å². The molecular weight excluding hydrogens is 138 g/mol. The minimum atomic E-state index is 0.332. The van der Waals surface area contributed by atoms with Crippen molar-refractivity contribution in [2.75, 3.05) is 13.6 Å². The van der Waals surface area contributed by atoms with Gasteiger partial charge < -0.3 is 4.74 Å². The maximum Gasteiger partial charge on any atom is 0.113 e. The van der Waals surface area contributed by atoms with Gasteiger partial charge in [-0.3, -0.25) is 4.90 Å². The Labute approximate surface area is 69.5 Å². The molecule has 1 heterocycles. The van der Waals surface area contributed by atoms with Gasteiger partial charge in [0, 0.05) is 6.54 Å². The van der Waals surface area contributed by atoms with Gasteiger partial charge in [-0.15, -0.1) is 0 Å². The fourth-order valence-electron chi connectivity index (χ4n) is 1.59. The van der Waals surface area contributed by atoms with Crippen LogP contribution in [0.2, 0.25) is 0 Å². The summed E-state index contributed by atoms with van der Waals surface area (Å²) in [4.78, 5) is 2.30. The molecule has 0 aromatic heterocycles. The molecule has 0 aliphatic carbocycles. The Bertz CT molecular complexity index is 125. The predicted molar refractivity (Wildman–Crippen MR) is 46.4 cm³/mol. The van der Waals surface area contributed by atoms with Crippen molar-refractivity contribution in [3.8, 4) is 0 Å². The highest BCUT2D eigenvalue weighted by Gasteiger charge is 2.25. The van der Waals surface area contributed by atoms with Crippen molar-refractivity contribution in [2.24, 2.45) is 5.92 Å². The van der Waals surface area contributed by atoms with Crippen LogP contribution in [-0.4, -0.2) is 30.8 Å². The summed E-state index contributed by atoms with van der Waals surface area (Å²) in [5, 5.41) is 0. The molecule has 0 aromatic carbocycles. The zero-order valence-corrected chi connectivity index (χ0v) is 8.00. The van der Waals surface area contributed by atoms with Crippen LogP contribution in [0.1, 0.15) is 27.2 Å². The lowest BCUT2D eigenvalue weighted by atomic mass is 10.1. The SMILES string of the molecule is CC1CCN(C)C(C(C)C)O1. The summed E-state index contributed by atoms with van der Waals surface area (Å²) in [6.45, 7) is 7.74. The van der Waals surface area contributed by atoms with E-state index in [1.807, 2.05) is 0 Å². The highest BCUT2D eigenvalue weighted by atomic mass is 16.5. The molecule has 1 aliphatic rings. The summed E-state index contributed by atoms with van der Waals surface area (Å²) >= 11 is 0. The normalized spacial score (nSPS) is 34.6. The van der Waals surface area contributed by atoms with Crippen molar-refractivity contribution < 1.29 is 4.74 Å². The van der Waals surface area contributed by atoms with Crippen LogP contribution in [0.25, 0.3) is 0 Å². The fraction of sp³-hybridized carbons (Fsp3) is 1.00. The third-order valence-electron chi connectivity index (χ3n) is 2.26. The van der Waals surface area contributed by atoms with Crippen molar-refractivity contribution in [1.29, 1.82) is 0 Å². The van der Waals surface area contributed by atoms with E-state index < -0.39 is 0 Å². The number of nitrogens with zero attached hydrogens (tertiary/aromatic N) is 1. The first kappa shape index (κ1) is 9.01. The van der Waals surface area contributed by atoms with E-state index in [1.165, 1.54) is 13.0 Å². The van der Waals surface area contributed by atoms with E-state index in [9.17, 15) is 0 Å². The van der Waals surface area contributed by atoms with Crippen LogP contribution >= 0.6 is 0 Å². The molecule has 11 heavy (non-hydrogen) atoms. The molecule has 0 aromatic rings. The second-order valence-corrected chi connectivity index (χ2v) is 3.85. The van der Waals surface area contributed by atoms with Gasteiger partial charge in [-0.05, 0) is 26.3 Å². The zero-order chi connectivity index (χ0) is 8.43. The van der Waals surface area contributed by atoms with Crippen LogP contribution in [0, 0.1) is 5.92 Å². The molecule has 0 saturated carbocycles. The quantitative estimate of drug-likeness (QED) is 0.574. The van der Waals surface area contributed by atoms with Crippen LogP contribution < -0.4 is 0 Å². The van der Waals surface area contributed by atoms with E-state index in [4.69, 9.17) is 4.74 Å². The summed E-state index contributed by atoms with van der Waals surface area (Å²) in [7, 11) is 2.14. The molecule has 1 aliphatic heterocycles. The summed E-state index contributed by atoms with van der Waals surface area (Å²) in [5.41, 5.74) is 0. The summed E-state index contributed by atoms with van der Waals surface area (Å²) in [5.74, 6) is 0.600. The van der Waals surface area contributed by atoms with Crippen LogP contribution in [0.15, 0.2) is 0 Å². The molecule has 2 nitrogen and oxygen atoms in total. The Balaban J connectivity index is 2.47. The number of rotatable bonds is 1. The Kier molecular flexibility index (Phi) is 2.90. The van der Waals surface area contributed by atoms with Crippen molar-refractivity contribution in [2.45, 2.75) is 39.5 Å². The molecule has 2 unspecified atom stereocenters. The maximum atomic E-state index is 5.79. The molecule has 2 atom stereocenters. The zero-order valence-electron chi connectivity index (χ0n) is 8.00. The highest BCUT2D eigenvalue weighted by Crippen LogP contribution is 2.19. The lowest BCUT2D eigenvalue weighted by Gasteiger charge is -2.38. The molecular formula is C9H19NO. The van der Waals surface area contributed by atoms with Gasteiger partial charge >= 0.3 is 0 Å². The van der Waals surface area contributed by atoms with Crippen LogP contribution in [-0.2, 0) is 4.74 Å². The van der Waals surface area contributed by atoms with Gasteiger partial charge in [0.25, 0.3) is 0 Å². The average molecular weight is 157 g/mol. The number of ether oxygens (including phenoxy) is 1. The van der Waals surface area contributed by atoms with Crippen molar-refractivity contribution in [3.05, 3.63) is 0 Å². The second kappa shape index (κ2) is 3.55. The van der Waals surface area contributed by atoms with Gasteiger partial charge in [0.15, 0.2) is 0 Å². The monoisotopic (exact) mass is 157 g/mol. The van der Waals surface area contributed by atoms with E-state index in [0.29, 0.717) is 18.2 Å². The number of hydrogen-bond donors (Lipinski definition) is 0. The number of hydrogen-bond acceptors (Lipinski definition) is 2. The van der Waals surface area contributed by atoms with Crippen LogP contribution in [0.4, 0.5) is 0 Å². The minimum Gasteiger partial charge on any atom is -0.360 e. The smallest absolute Gasteiger partial charge is 0.113 e. The second-order valence-electron chi connectivity index (χ2n) is 3.85. The summed E-state index contributed by atoms with van der Waals surface area (Å²) in [6.07, 6.45) is 1.94. The van der Waals surface area contributed by atoms with E-state index in [2.05, 4.69) is 32.7 Å². The molecule has 0 N–H and O–H groups in total. The predicted octanol–water partition coefficient (Wildman–Crippen LogP) is 1.71. The van der Waals surface area contributed by atoms with E-state index in [0.717, 1.165) is 0 Å². The summed E-state index contributed by atoms with van der Waals surface area (Å²) in [6, 6.07) is 0. The Morgan fingerprint density at radius 3 is 2.55 bits per heavy atom. The van der Waals surface area contributed by atoms with E-state index in [-0.39, 0.29) is 0 Å². The van der Waals surface area contributed by atoms with E-state index >= 15 is 0 Å². The topological polar surface area (TPSA) is 12.5 Å². The maximum absolute atomic E-state index is 5.79. The van der Waals surface area contributed by atoms with Crippen LogP contribution in [0.5, 0.6) is 0 Å². The molecule has 0 amide bonds. The fourth-order valence-corrected chi connectivity index (χ4v) is 1.59. The highest BCUT2D eigenvalue weighted by molar-refractivity contribution is 4.71. The molecule has 1 rings (SSSR count). The molecule has 2 heteroatoms. The Morgan fingerprint density at radius 1 is 1.45 bits per heavy atom. The first-order valence-electron chi connectivity index (χ1n) is 4.47. The standard InChI is InChI=1S/C9H19NO/c1-7(2)9-10(4)6-5-8(3)11-9/h7-9H,5-6H2,1-4H3. The van der Waals surface area contributed by atoms with Gasteiger partial charge in [-0.25, -0.2) is 0 Å². The van der Waals surface area contributed by atoms with Crippen molar-refractivity contribution in [3.63, 3.8) is 0 Å². The van der Waals surface area contributed by atoms with Gasteiger partial charge in [0.05, 0.1) is 6.10 Å². The lowest BCUT2D eigenvalue weighted by molar-refractivity contribution is -0.143. The lowest BCUT2D eigenvalue weighted by Crippen LogP contribution is -2.45. The average Bonchev–Trinajstić information content (AvgIpc) is 1.94. The first-order valence-corrected chi connectivity index (χ1v) is 4.47. The van der Waals surface area contributed by atoms with Crippen molar-refractivity contribution in [1.82, 2.24) is 4.90 Å². The van der Waals surface area contributed by atoms with Crippen LogP contribution in [0.3, 0.4) is 0 Å². The van der Waals surface area contributed by atoms with E-state index in [1.54, 1.807) is 0 Å². The molecule has 1 fully saturated rings. The molecule has 66 valence electrons.